The summed E-state index contributed by atoms with van der Waals surface area (Å²) in [6.07, 6.45) is 1.65. The van der Waals surface area contributed by atoms with Crippen LogP contribution >= 0.6 is 23.4 Å². The molecule has 2 rings (SSSR count). The van der Waals surface area contributed by atoms with Crippen LogP contribution in [0.25, 0.3) is 11.4 Å². The summed E-state index contributed by atoms with van der Waals surface area (Å²) in [4.78, 5) is 11.9. The lowest BCUT2D eigenvalue weighted by molar-refractivity contribution is -0.120. The third-order valence-corrected chi connectivity index (χ3v) is 4.40. The Labute approximate surface area is 138 Å². The number of hydrogen-bond donors (Lipinski definition) is 1. The zero-order valence-electron chi connectivity index (χ0n) is 12.4. The van der Waals surface area contributed by atoms with Gasteiger partial charge in [0.1, 0.15) is 0 Å². The monoisotopic (exact) mass is 336 g/mol. The number of halogens is 1. The molecule has 22 heavy (non-hydrogen) atoms. The molecule has 1 N–H and O–H groups in total. The Bertz CT molecular complexity index is 669. The minimum atomic E-state index is -0.263. The van der Waals surface area contributed by atoms with Gasteiger partial charge in [-0.2, -0.15) is 0 Å². The standard InChI is InChI=1S/C15H17ClN4OS/c1-4-9-17-14(21)10(2)22-15-19-18-13(20(15)3)11-5-7-12(16)8-6-11/h4-8,10H,1,9H2,2-3H3,(H,17,21). The van der Waals surface area contributed by atoms with E-state index in [1.54, 1.807) is 6.08 Å². The molecule has 116 valence electrons. The van der Waals surface area contributed by atoms with E-state index >= 15 is 0 Å². The highest BCUT2D eigenvalue weighted by Crippen LogP contribution is 2.26. The van der Waals surface area contributed by atoms with Crippen LogP contribution < -0.4 is 5.32 Å². The number of nitrogens with zero attached hydrogens (tertiary/aromatic N) is 3. The Hall–Kier alpha value is -1.79. The first-order chi connectivity index (χ1) is 10.5. The molecule has 7 heteroatoms. The second-order valence-corrected chi connectivity index (χ2v) is 6.41. The molecule has 0 aliphatic carbocycles. The second kappa shape index (κ2) is 7.47. The lowest BCUT2D eigenvalue weighted by Gasteiger charge is -2.10. The Balaban J connectivity index is 2.12. The lowest BCUT2D eigenvalue weighted by Crippen LogP contribution is -2.31. The Morgan fingerprint density at radius 3 is 2.77 bits per heavy atom. The van der Waals surface area contributed by atoms with Crippen molar-refractivity contribution >= 4 is 29.3 Å². The number of rotatable bonds is 6. The van der Waals surface area contributed by atoms with Crippen molar-refractivity contribution in [2.75, 3.05) is 6.54 Å². The molecule has 1 atom stereocenters. The molecule has 0 spiro atoms. The highest BCUT2D eigenvalue weighted by Gasteiger charge is 2.18. The van der Waals surface area contributed by atoms with Crippen molar-refractivity contribution in [3.63, 3.8) is 0 Å². The van der Waals surface area contributed by atoms with E-state index in [4.69, 9.17) is 11.6 Å². The highest BCUT2D eigenvalue weighted by atomic mass is 35.5. The van der Waals surface area contributed by atoms with Crippen molar-refractivity contribution in [3.8, 4) is 11.4 Å². The van der Waals surface area contributed by atoms with Crippen LogP contribution in [0, 0.1) is 0 Å². The molecule has 0 saturated carbocycles. The average molecular weight is 337 g/mol. The maximum Gasteiger partial charge on any atom is 0.233 e. The molecule has 0 fully saturated rings. The zero-order valence-corrected chi connectivity index (χ0v) is 14.0. The first kappa shape index (κ1) is 16.6. The fourth-order valence-electron chi connectivity index (χ4n) is 1.80. The summed E-state index contributed by atoms with van der Waals surface area (Å²) in [5, 5.41) is 12.2. The van der Waals surface area contributed by atoms with Gasteiger partial charge in [-0.3, -0.25) is 4.79 Å². The highest BCUT2D eigenvalue weighted by molar-refractivity contribution is 8.00. The number of aromatic nitrogens is 3. The Kier molecular flexibility index (Phi) is 5.63. The van der Waals surface area contributed by atoms with Crippen molar-refractivity contribution in [2.45, 2.75) is 17.3 Å². The van der Waals surface area contributed by atoms with Crippen LogP contribution in [-0.2, 0) is 11.8 Å². The number of amides is 1. The van der Waals surface area contributed by atoms with Crippen molar-refractivity contribution in [1.29, 1.82) is 0 Å². The van der Waals surface area contributed by atoms with Crippen LogP contribution in [0.5, 0.6) is 0 Å². The maximum absolute atomic E-state index is 11.9. The van der Waals surface area contributed by atoms with Crippen LogP contribution in [0.15, 0.2) is 42.1 Å². The van der Waals surface area contributed by atoms with Gasteiger partial charge in [0.15, 0.2) is 11.0 Å². The molecule has 0 aliphatic heterocycles. The van der Waals surface area contributed by atoms with Gasteiger partial charge in [-0.25, -0.2) is 0 Å². The molecule has 0 aliphatic rings. The zero-order chi connectivity index (χ0) is 16.1. The van der Waals surface area contributed by atoms with Crippen molar-refractivity contribution in [3.05, 3.63) is 41.9 Å². The molecule has 1 unspecified atom stereocenters. The summed E-state index contributed by atoms with van der Waals surface area (Å²) < 4.78 is 1.87. The summed E-state index contributed by atoms with van der Waals surface area (Å²) in [7, 11) is 1.88. The van der Waals surface area contributed by atoms with Gasteiger partial charge in [-0.1, -0.05) is 29.4 Å². The summed E-state index contributed by atoms with van der Waals surface area (Å²) in [6.45, 7) is 5.87. The number of hydrogen-bond acceptors (Lipinski definition) is 4. The third kappa shape index (κ3) is 3.90. The quantitative estimate of drug-likeness (QED) is 0.651. The number of carbonyl (C=O) groups excluding carboxylic acids is 1. The first-order valence-corrected chi connectivity index (χ1v) is 7.99. The van der Waals surface area contributed by atoms with E-state index in [2.05, 4.69) is 22.1 Å². The van der Waals surface area contributed by atoms with Crippen LogP contribution in [0.3, 0.4) is 0 Å². The number of nitrogens with one attached hydrogen (secondary N) is 1. The molecular formula is C15H17ClN4OS. The van der Waals surface area contributed by atoms with Gasteiger partial charge in [0.05, 0.1) is 5.25 Å². The predicted molar refractivity (Wildman–Crippen MR) is 90.0 cm³/mol. The minimum Gasteiger partial charge on any atom is -0.352 e. The summed E-state index contributed by atoms with van der Waals surface area (Å²) in [6, 6.07) is 7.40. The van der Waals surface area contributed by atoms with Crippen LogP contribution in [-0.4, -0.2) is 32.5 Å². The van der Waals surface area contributed by atoms with Crippen LogP contribution in [0.1, 0.15) is 6.92 Å². The number of thioether (sulfide) groups is 1. The number of benzene rings is 1. The molecule has 5 nitrogen and oxygen atoms in total. The van der Waals surface area contributed by atoms with E-state index < -0.39 is 0 Å². The largest absolute Gasteiger partial charge is 0.352 e. The topological polar surface area (TPSA) is 59.8 Å². The molecule has 0 radical (unpaired) electrons. The van der Waals surface area contributed by atoms with Gasteiger partial charge in [0, 0.05) is 24.2 Å². The van der Waals surface area contributed by atoms with E-state index in [9.17, 15) is 4.79 Å². The normalized spacial score (nSPS) is 12.0. The molecule has 2 aromatic rings. The molecular weight excluding hydrogens is 320 g/mol. The van der Waals surface area contributed by atoms with Crippen LogP contribution in [0.4, 0.5) is 0 Å². The van der Waals surface area contributed by atoms with E-state index in [0.29, 0.717) is 16.7 Å². The average Bonchev–Trinajstić information content (AvgIpc) is 2.86. The summed E-state index contributed by atoms with van der Waals surface area (Å²) in [5.41, 5.74) is 0.926. The summed E-state index contributed by atoms with van der Waals surface area (Å²) in [5.74, 6) is 0.679. The van der Waals surface area contributed by atoms with Gasteiger partial charge < -0.3 is 9.88 Å². The smallest absolute Gasteiger partial charge is 0.233 e. The van der Waals surface area contributed by atoms with E-state index in [1.807, 2.05) is 42.8 Å². The van der Waals surface area contributed by atoms with Crippen molar-refractivity contribution < 1.29 is 4.79 Å². The summed E-state index contributed by atoms with van der Waals surface area (Å²) >= 11 is 7.26. The van der Waals surface area contributed by atoms with Crippen LogP contribution in [0.2, 0.25) is 5.02 Å². The molecule has 1 aromatic heterocycles. The Morgan fingerprint density at radius 1 is 1.45 bits per heavy atom. The van der Waals surface area contributed by atoms with Gasteiger partial charge in [-0.05, 0) is 31.2 Å². The SMILES string of the molecule is C=CCNC(=O)C(C)Sc1nnc(-c2ccc(Cl)cc2)n1C. The molecule has 1 aromatic carbocycles. The van der Waals surface area contributed by atoms with Crippen molar-refractivity contribution in [1.82, 2.24) is 20.1 Å². The lowest BCUT2D eigenvalue weighted by atomic mass is 10.2. The minimum absolute atomic E-state index is 0.0547. The van der Waals surface area contributed by atoms with E-state index in [-0.39, 0.29) is 11.2 Å². The van der Waals surface area contributed by atoms with E-state index in [0.717, 1.165) is 11.4 Å². The van der Waals surface area contributed by atoms with Crippen molar-refractivity contribution in [2.24, 2.45) is 7.05 Å². The first-order valence-electron chi connectivity index (χ1n) is 6.73. The molecule has 1 amide bonds. The molecule has 1 heterocycles. The predicted octanol–water partition coefficient (Wildman–Crippen LogP) is 2.92. The third-order valence-electron chi connectivity index (χ3n) is 3.01. The molecule has 0 saturated heterocycles. The van der Waals surface area contributed by atoms with Gasteiger partial charge in [0.2, 0.25) is 5.91 Å². The van der Waals surface area contributed by atoms with Gasteiger partial charge in [0.25, 0.3) is 0 Å². The van der Waals surface area contributed by atoms with Gasteiger partial charge in [-0.15, -0.1) is 16.8 Å². The number of carbonyl (C=O) groups is 1. The fraction of sp³-hybridized carbons (Fsp3) is 0.267. The fourth-order valence-corrected chi connectivity index (χ4v) is 2.76. The second-order valence-electron chi connectivity index (χ2n) is 4.67. The molecule has 0 bridgehead atoms. The maximum atomic E-state index is 11.9. The van der Waals surface area contributed by atoms with E-state index in [1.165, 1.54) is 11.8 Å². The van der Waals surface area contributed by atoms with Gasteiger partial charge >= 0.3 is 0 Å². The Morgan fingerprint density at radius 2 is 2.14 bits per heavy atom.